The molecule has 2 unspecified atom stereocenters. The first-order chi connectivity index (χ1) is 9.33. The van der Waals surface area contributed by atoms with Crippen molar-refractivity contribution in [2.75, 3.05) is 19.6 Å². The standard InChI is InChI=1S/C15H21N3O/c19-15-8-13-3-6-17-10-14(13)4-7-18(15)11-12-2-1-5-16-9-12/h1-2,5,9,13-14,17H,3-4,6-8,10-11H2. The predicted octanol–water partition coefficient (Wildman–Crippen LogP) is 1.43. The highest BCUT2D eigenvalue weighted by atomic mass is 16.2. The van der Waals surface area contributed by atoms with Crippen LogP contribution in [0.4, 0.5) is 0 Å². The van der Waals surface area contributed by atoms with E-state index in [1.807, 2.05) is 23.2 Å². The van der Waals surface area contributed by atoms with Crippen LogP contribution in [-0.4, -0.2) is 35.4 Å². The number of fused-ring (bicyclic) bond motifs is 1. The molecule has 2 saturated heterocycles. The van der Waals surface area contributed by atoms with Crippen LogP contribution in [0.3, 0.4) is 0 Å². The lowest BCUT2D eigenvalue weighted by atomic mass is 9.83. The minimum Gasteiger partial charge on any atom is -0.338 e. The lowest BCUT2D eigenvalue weighted by Crippen LogP contribution is -2.36. The summed E-state index contributed by atoms with van der Waals surface area (Å²) in [4.78, 5) is 18.5. The number of amides is 1. The topological polar surface area (TPSA) is 45.2 Å². The van der Waals surface area contributed by atoms with Crippen LogP contribution in [0.25, 0.3) is 0 Å². The molecule has 2 aliphatic rings. The Balaban J connectivity index is 1.67. The van der Waals surface area contributed by atoms with Crippen LogP contribution in [0.5, 0.6) is 0 Å². The number of hydrogen-bond donors (Lipinski definition) is 1. The maximum Gasteiger partial charge on any atom is 0.223 e. The molecule has 1 aromatic heterocycles. The van der Waals surface area contributed by atoms with Crippen molar-refractivity contribution < 1.29 is 4.79 Å². The third-order valence-corrected chi connectivity index (χ3v) is 4.42. The molecule has 2 fully saturated rings. The van der Waals surface area contributed by atoms with Crippen molar-refractivity contribution in [1.29, 1.82) is 0 Å². The van der Waals surface area contributed by atoms with Gasteiger partial charge in [-0.25, -0.2) is 0 Å². The summed E-state index contributed by atoms with van der Waals surface area (Å²) in [6, 6.07) is 3.97. The van der Waals surface area contributed by atoms with Crippen LogP contribution in [0.1, 0.15) is 24.8 Å². The van der Waals surface area contributed by atoms with Crippen molar-refractivity contribution >= 4 is 5.91 Å². The molecule has 4 nitrogen and oxygen atoms in total. The molecule has 0 radical (unpaired) electrons. The summed E-state index contributed by atoms with van der Waals surface area (Å²) in [5.74, 6) is 1.59. The highest BCUT2D eigenvalue weighted by Gasteiger charge is 2.32. The van der Waals surface area contributed by atoms with Gasteiger partial charge in [0.05, 0.1) is 0 Å². The molecule has 0 aromatic carbocycles. The summed E-state index contributed by atoms with van der Waals surface area (Å²) in [5, 5.41) is 3.45. The average Bonchev–Trinajstić information content (AvgIpc) is 2.60. The van der Waals surface area contributed by atoms with Crippen molar-refractivity contribution in [2.45, 2.75) is 25.8 Å². The van der Waals surface area contributed by atoms with Gasteiger partial charge in [0.2, 0.25) is 5.91 Å². The number of nitrogens with zero attached hydrogens (tertiary/aromatic N) is 2. The number of carbonyl (C=O) groups excluding carboxylic acids is 1. The molecule has 1 N–H and O–H groups in total. The van der Waals surface area contributed by atoms with E-state index < -0.39 is 0 Å². The third-order valence-electron chi connectivity index (χ3n) is 4.42. The van der Waals surface area contributed by atoms with Crippen molar-refractivity contribution in [3.8, 4) is 0 Å². The molecule has 0 bridgehead atoms. The number of carbonyl (C=O) groups is 1. The van der Waals surface area contributed by atoms with Gasteiger partial charge in [-0.05, 0) is 49.4 Å². The monoisotopic (exact) mass is 259 g/mol. The molecule has 0 spiro atoms. The van der Waals surface area contributed by atoms with Gasteiger partial charge in [0.1, 0.15) is 0 Å². The fourth-order valence-corrected chi connectivity index (χ4v) is 3.26. The summed E-state index contributed by atoms with van der Waals surface area (Å²) in [6.45, 7) is 3.74. The number of likely N-dealkylation sites (tertiary alicyclic amines) is 1. The maximum atomic E-state index is 12.4. The molecule has 4 heteroatoms. The zero-order valence-corrected chi connectivity index (χ0v) is 11.2. The fraction of sp³-hybridized carbons (Fsp3) is 0.600. The van der Waals surface area contributed by atoms with E-state index in [9.17, 15) is 4.79 Å². The zero-order valence-electron chi connectivity index (χ0n) is 11.2. The molecule has 1 amide bonds. The SMILES string of the molecule is O=C1CC2CCNCC2CCN1Cc1cccnc1. The molecule has 2 atom stereocenters. The van der Waals surface area contributed by atoms with Crippen molar-refractivity contribution in [1.82, 2.24) is 15.2 Å². The van der Waals surface area contributed by atoms with Gasteiger partial charge in [-0.2, -0.15) is 0 Å². The maximum absolute atomic E-state index is 12.4. The van der Waals surface area contributed by atoms with Crippen molar-refractivity contribution in [3.63, 3.8) is 0 Å². The Bertz CT molecular complexity index is 434. The zero-order chi connectivity index (χ0) is 13.1. The third kappa shape index (κ3) is 2.95. The second kappa shape index (κ2) is 5.70. The van der Waals surface area contributed by atoms with E-state index in [2.05, 4.69) is 10.3 Å². The minimum atomic E-state index is 0.318. The number of hydrogen-bond acceptors (Lipinski definition) is 3. The van der Waals surface area contributed by atoms with Crippen LogP contribution in [0, 0.1) is 11.8 Å². The summed E-state index contributed by atoms with van der Waals surface area (Å²) in [5.41, 5.74) is 1.12. The van der Waals surface area contributed by atoms with Crippen LogP contribution in [0.15, 0.2) is 24.5 Å². The molecule has 19 heavy (non-hydrogen) atoms. The number of nitrogens with one attached hydrogen (secondary N) is 1. The highest BCUT2D eigenvalue weighted by molar-refractivity contribution is 5.76. The molecule has 102 valence electrons. The van der Waals surface area contributed by atoms with Gasteiger partial charge in [-0.1, -0.05) is 6.07 Å². The van der Waals surface area contributed by atoms with Gasteiger partial charge in [-0.3, -0.25) is 9.78 Å². The number of aromatic nitrogens is 1. The second-order valence-electron chi connectivity index (χ2n) is 5.68. The summed E-state index contributed by atoms with van der Waals surface area (Å²) in [7, 11) is 0. The molecule has 1 aromatic rings. The second-order valence-corrected chi connectivity index (χ2v) is 5.68. The van der Waals surface area contributed by atoms with E-state index >= 15 is 0 Å². The number of rotatable bonds is 2. The normalized spacial score (nSPS) is 27.8. The van der Waals surface area contributed by atoms with Gasteiger partial charge in [0, 0.05) is 31.9 Å². The molecule has 3 heterocycles. The smallest absolute Gasteiger partial charge is 0.223 e. The Hall–Kier alpha value is -1.42. The highest BCUT2D eigenvalue weighted by Crippen LogP contribution is 2.29. The first-order valence-electron chi connectivity index (χ1n) is 7.20. The molecule has 0 saturated carbocycles. The van der Waals surface area contributed by atoms with E-state index in [0.717, 1.165) is 44.5 Å². The average molecular weight is 259 g/mol. The van der Waals surface area contributed by atoms with Gasteiger partial charge >= 0.3 is 0 Å². The molecule has 2 aliphatic heterocycles. The van der Waals surface area contributed by atoms with Crippen LogP contribution in [-0.2, 0) is 11.3 Å². The van der Waals surface area contributed by atoms with E-state index in [1.54, 1.807) is 6.20 Å². The van der Waals surface area contributed by atoms with Gasteiger partial charge in [0.15, 0.2) is 0 Å². The van der Waals surface area contributed by atoms with Gasteiger partial charge in [-0.15, -0.1) is 0 Å². The Morgan fingerprint density at radius 2 is 2.32 bits per heavy atom. The number of piperidine rings is 1. The van der Waals surface area contributed by atoms with Gasteiger partial charge < -0.3 is 10.2 Å². The first-order valence-corrected chi connectivity index (χ1v) is 7.20. The van der Waals surface area contributed by atoms with Crippen LogP contribution in [0.2, 0.25) is 0 Å². The first kappa shape index (κ1) is 12.6. The molecule has 3 rings (SSSR count). The minimum absolute atomic E-state index is 0.318. The van der Waals surface area contributed by atoms with Gasteiger partial charge in [0.25, 0.3) is 0 Å². The lowest BCUT2D eigenvalue weighted by Gasteiger charge is -2.29. The summed E-state index contributed by atoms with van der Waals surface area (Å²) >= 11 is 0. The van der Waals surface area contributed by atoms with E-state index in [0.29, 0.717) is 24.3 Å². The van der Waals surface area contributed by atoms with Crippen LogP contribution < -0.4 is 5.32 Å². The largest absolute Gasteiger partial charge is 0.338 e. The van der Waals surface area contributed by atoms with Crippen molar-refractivity contribution in [2.24, 2.45) is 11.8 Å². The van der Waals surface area contributed by atoms with E-state index in [-0.39, 0.29) is 0 Å². The predicted molar refractivity (Wildman–Crippen MR) is 73.4 cm³/mol. The molecule has 0 aliphatic carbocycles. The Morgan fingerprint density at radius 3 is 3.16 bits per heavy atom. The lowest BCUT2D eigenvalue weighted by molar-refractivity contribution is -0.132. The number of pyridine rings is 1. The Kier molecular flexibility index (Phi) is 3.78. The van der Waals surface area contributed by atoms with Crippen LogP contribution >= 0.6 is 0 Å². The van der Waals surface area contributed by atoms with E-state index in [1.165, 1.54) is 0 Å². The summed E-state index contributed by atoms with van der Waals surface area (Å²) in [6.07, 6.45) is 6.63. The van der Waals surface area contributed by atoms with Crippen molar-refractivity contribution in [3.05, 3.63) is 30.1 Å². The quantitative estimate of drug-likeness (QED) is 0.874. The molecular formula is C15H21N3O. The summed E-state index contributed by atoms with van der Waals surface area (Å²) < 4.78 is 0. The van der Waals surface area contributed by atoms with E-state index in [4.69, 9.17) is 0 Å². The Morgan fingerprint density at radius 1 is 1.37 bits per heavy atom. The fourth-order valence-electron chi connectivity index (χ4n) is 3.26. The Labute approximate surface area is 114 Å². The molecular weight excluding hydrogens is 238 g/mol.